The number of benzene rings is 1. The van der Waals surface area contributed by atoms with Crippen LogP contribution in [-0.2, 0) is 0 Å². The van der Waals surface area contributed by atoms with Crippen LogP contribution in [0.25, 0.3) is 10.9 Å². The van der Waals surface area contributed by atoms with Crippen molar-refractivity contribution in [1.82, 2.24) is 9.88 Å². The summed E-state index contributed by atoms with van der Waals surface area (Å²) in [6.45, 7) is 7.50. The molecule has 0 unspecified atom stereocenters. The number of anilines is 1. The van der Waals surface area contributed by atoms with Crippen molar-refractivity contribution in [3.63, 3.8) is 0 Å². The Balaban J connectivity index is 1.87. The zero-order chi connectivity index (χ0) is 14.7. The number of hydrogen-bond acceptors (Lipinski definition) is 4. The number of piperazine rings is 1. The summed E-state index contributed by atoms with van der Waals surface area (Å²) >= 11 is 0. The van der Waals surface area contributed by atoms with E-state index in [1.54, 1.807) is 0 Å². The zero-order valence-electron chi connectivity index (χ0n) is 12.4. The number of rotatable bonds is 3. The highest BCUT2D eigenvalue weighted by Gasteiger charge is 2.18. The molecule has 0 spiro atoms. The summed E-state index contributed by atoms with van der Waals surface area (Å²) in [5.74, 6) is 0.932. The van der Waals surface area contributed by atoms with Gasteiger partial charge < -0.3 is 4.90 Å². The maximum absolute atomic E-state index is 9.37. The van der Waals surface area contributed by atoms with E-state index in [1.807, 2.05) is 30.3 Å². The maximum Gasteiger partial charge on any atom is 0.130 e. The lowest BCUT2D eigenvalue weighted by atomic mass is 10.1. The highest BCUT2D eigenvalue weighted by atomic mass is 15.3. The molecule has 21 heavy (non-hydrogen) atoms. The number of fused-ring (bicyclic) bond motifs is 1. The minimum atomic E-state index is 0.714. The van der Waals surface area contributed by atoms with Gasteiger partial charge in [-0.1, -0.05) is 25.1 Å². The van der Waals surface area contributed by atoms with Crippen molar-refractivity contribution in [2.45, 2.75) is 13.3 Å². The van der Waals surface area contributed by atoms with Gasteiger partial charge in [-0.2, -0.15) is 5.26 Å². The fourth-order valence-electron chi connectivity index (χ4n) is 2.93. The van der Waals surface area contributed by atoms with Gasteiger partial charge in [0.2, 0.25) is 0 Å². The molecule has 0 N–H and O–H groups in total. The average Bonchev–Trinajstić information content (AvgIpc) is 2.55. The van der Waals surface area contributed by atoms with E-state index in [0.29, 0.717) is 5.56 Å². The molecule has 0 amide bonds. The fraction of sp³-hybridized carbons (Fsp3) is 0.412. The topological polar surface area (TPSA) is 43.2 Å². The fourth-order valence-corrected chi connectivity index (χ4v) is 2.93. The van der Waals surface area contributed by atoms with Crippen molar-refractivity contribution in [1.29, 1.82) is 5.26 Å². The standard InChI is InChI=1S/C17H20N4/c1-2-7-20-8-10-21(11-9-20)17-12-14(13-18)15-5-3-4-6-16(15)19-17/h3-6,12H,2,7-11H2,1H3. The summed E-state index contributed by atoms with van der Waals surface area (Å²) in [5, 5.41) is 10.3. The van der Waals surface area contributed by atoms with Gasteiger partial charge in [0.25, 0.3) is 0 Å². The number of aromatic nitrogens is 1. The van der Waals surface area contributed by atoms with Gasteiger partial charge in [-0.3, -0.25) is 4.90 Å². The molecule has 1 saturated heterocycles. The number of pyridine rings is 1. The van der Waals surface area contributed by atoms with Crippen molar-refractivity contribution in [3.8, 4) is 6.07 Å². The van der Waals surface area contributed by atoms with E-state index in [2.05, 4.69) is 22.8 Å². The highest BCUT2D eigenvalue weighted by molar-refractivity contribution is 5.86. The van der Waals surface area contributed by atoms with Crippen molar-refractivity contribution >= 4 is 16.7 Å². The molecular formula is C17H20N4. The smallest absolute Gasteiger partial charge is 0.130 e. The molecule has 1 aromatic heterocycles. The molecule has 1 aliphatic heterocycles. The minimum absolute atomic E-state index is 0.714. The van der Waals surface area contributed by atoms with Crippen LogP contribution in [0.3, 0.4) is 0 Å². The molecule has 0 saturated carbocycles. The minimum Gasteiger partial charge on any atom is -0.354 e. The lowest BCUT2D eigenvalue weighted by molar-refractivity contribution is 0.258. The van der Waals surface area contributed by atoms with E-state index in [1.165, 1.54) is 13.0 Å². The largest absolute Gasteiger partial charge is 0.354 e. The Bertz CT molecular complexity index is 666. The summed E-state index contributed by atoms with van der Waals surface area (Å²) in [6, 6.07) is 12.1. The Morgan fingerprint density at radius 2 is 1.95 bits per heavy atom. The van der Waals surface area contributed by atoms with Gasteiger partial charge in [-0.05, 0) is 25.1 Å². The molecule has 2 aromatic rings. The Morgan fingerprint density at radius 1 is 1.19 bits per heavy atom. The lowest BCUT2D eigenvalue weighted by Gasteiger charge is -2.35. The van der Waals surface area contributed by atoms with E-state index in [0.717, 1.165) is 42.9 Å². The van der Waals surface area contributed by atoms with Gasteiger partial charge in [0.05, 0.1) is 17.1 Å². The first-order valence-electron chi connectivity index (χ1n) is 7.59. The lowest BCUT2D eigenvalue weighted by Crippen LogP contribution is -2.46. The van der Waals surface area contributed by atoms with Crippen LogP contribution in [0, 0.1) is 11.3 Å². The van der Waals surface area contributed by atoms with Crippen LogP contribution >= 0.6 is 0 Å². The van der Waals surface area contributed by atoms with Crippen LogP contribution in [0.2, 0.25) is 0 Å². The second kappa shape index (κ2) is 6.11. The molecule has 4 heteroatoms. The normalized spacial score (nSPS) is 16.1. The molecule has 0 aliphatic carbocycles. The summed E-state index contributed by atoms with van der Waals surface area (Å²) in [5.41, 5.74) is 1.62. The predicted molar refractivity (Wildman–Crippen MR) is 85.4 cm³/mol. The van der Waals surface area contributed by atoms with Crippen molar-refractivity contribution in [3.05, 3.63) is 35.9 Å². The van der Waals surface area contributed by atoms with Gasteiger partial charge in [-0.25, -0.2) is 4.98 Å². The quantitative estimate of drug-likeness (QED) is 0.867. The highest BCUT2D eigenvalue weighted by Crippen LogP contribution is 2.23. The number of nitrogens with zero attached hydrogens (tertiary/aromatic N) is 4. The first-order valence-corrected chi connectivity index (χ1v) is 7.59. The van der Waals surface area contributed by atoms with E-state index < -0.39 is 0 Å². The molecule has 3 rings (SSSR count). The molecule has 4 nitrogen and oxygen atoms in total. The monoisotopic (exact) mass is 280 g/mol. The van der Waals surface area contributed by atoms with Crippen LogP contribution in [0.1, 0.15) is 18.9 Å². The van der Waals surface area contributed by atoms with Crippen LogP contribution in [-0.4, -0.2) is 42.6 Å². The Hall–Kier alpha value is -2.12. The van der Waals surface area contributed by atoms with E-state index in [-0.39, 0.29) is 0 Å². The van der Waals surface area contributed by atoms with Crippen molar-refractivity contribution in [2.24, 2.45) is 0 Å². The van der Waals surface area contributed by atoms with Gasteiger partial charge >= 0.3 is 0 Å². The summed E-state index contributed by atoms with van der Waals surface area (Å²) in [6.07, 6.45) is 1.20. The third kappa shape index (κ3) is 2.84. The molecule has 1 aliphatic rings. The molecule has 0 radical (unpaired) electrons. The third-order valence-electron chi connectivity index (χ3n) is 4.06. The van der Waals surface area contributed by atoms with Gasteiger partial charge in [0.1, 0.15) is 5.82 Å². The Labute approximate surface area is 125 Å². The second-order valence-electron chi connectivity index (χ2n) is 5.49. The molecule has 2 heterocycles. The van der Waals surface area contributed by atoms with E-state index in [4.69, 9.17) is 4.98 Å². The SMILES string of the molecule is CCCN1CCN(c2cc(C#N)c3ccccc3n2)CC1. The number of para-hydroxylation sites is 1. The van der Waals surface area contributed by atoms with Crippen LogP contribution in [0.15, 0.2) is 30.3 Å². The van der Waals surface area contributed by atoms with Crippen molar-refractivity contribution in [2.75, 3.05) is 37.6 Å². The van der Waals surface area contributed by atoms with Gasteiger partial charge in [0.15, 0.2) is 0 Å². The predicted octanol–water partition coefficient (Wildman–Crippen LogP) is 2.64. The third-order valence-corrected chi connectivity index (χ3v) is 4.06. The molecule has 1 fully saturated rings. The molecule has 108 valence electrons. The average molecular weight is 280 g/mol. The van der Waals surface area contributed by atoms with Crippen LogP contribution in [0.5, 0.6) is 0 Å². The van der Waals surface area contributed by atoms with E-state index >= 15 is 0 Å². The van der Waals surface area contributed by atoms with Crippen LogP contribution in [0.4, 0.5) is 5.82 Å². The van der Waals surface area contributed by atoms with Crippen LogP contribution < -0.4 is 4.90 Å². The number of nitriles is 1. The molecule has 0 bridgehead atoms. The maximum atomic E-state index is 9.37. The molecular weight excluding hydrogens is 260 g/mol. The first-order chi connectivity index (χ1) is 10.3. The molecule has 0 atom stereocenters. The zero-order valence-corrected chi connectivity index (χ0v) is 12.4. The Morgan fingerprint density at radius 3 is 2.67 bits per heavy atom. The second-order valence-corrected chi connectivity index (χ2v) is 5.49. The first kappa shape index (κ1) is 13.8. The van der Waals surface area contributed by atoms with Crippen molar-refractivity contribution < 1.29 is 0 Å². The summed E-state index contributed by atoms with van der Waals surface area (Å²) in [7, 11) is 0. The number of hydrogen-bond donors (Lipinski definition) is 0. The summed E-state index contributed by atoms with van der Waals surface area (Å²) in [4.78, 5) is 9.51. The van der Waals surface area contributed by atoms with Gasteiger partial charge in [0, 0.05) is 31.6 Å². The van der Waals surface area contributed by atoms with Gasteiger partial charge in [-0.15, -0.1) is 0 Å². The van der Waals surface area contributed by atoms with E-state index in [9.17, 15) is 5.26 Å². The molecule has 1 aromatic carbocycles. The Kier molecular flexibility index (Phi) is 4.03. The summed E-state index contributed by atoms with van der Waals surface area (Å²) < 4.78 is 0.